The molecule has 0 aliphatic rings. The largest absolute Gasteiger partial charge is 0.332 e. The fourth-order valence-electron chi connectivity index (χ4n) is 1.15. The predicted octanol–water partition coefficient (Wildman–Crippen LogP) is 2.19. The van der Waals surface area contributed by atoms with E-state index in [4.69, 9.17) is 9.68 Å². The molecule has 5 heteroatoms. The normalized spacial score (nSPS) is 10.2. The van der Waals surface area contributed by atoms with Crippen LogP contribution in [-0.4, -0.2) is 23.7 Å². The summed E-state index contributed by atoms with van der Waals surface area (Å²) in [5.41, 5.74) is 0.391. The van der Waals surface area contributed by atoms with E-state index in [9.17, 15) is 9.59 Å². The Morgan fingerprint density at radius 1 is 1.22 bits per heavy atom. The highest BCUT2D eigenvalue weighted by Gasteiger charge is 2.20. The van der Waals surface area contributed by atoms with Crippen LogP contribution < -0.4 is 0 Å². The number of amides is 1. The molecule has 1 amide bonds. The zero-order valence-corrected chi connectivity index (χ0v) is 10.8. The third-order valence-electron chi connectivity index (χ3n) is 1.92. The van der Waals surface area contributed by atoms with Gasteiger partial charge in [0.05, 0.1) is 6.61 Å². The Morgan fingerprint density at radius 2 is 1.83 bits per heavy atom. The van der Waals surface area contributed by atoms with Gasteiger partial charge in [-0.25, -0.2) is 9.63 Å². The molecule has 0 unspecified atom stereocenters. The van der Waals surface area contributed by atoms with Crippen LogP contribution in [0.5, 0.6) is 0 Å². The van der Waals surface area contributed by atoms with E-state index in [1.807, 2.05) is 13.8 Å². The Morgan fingerprint density at radius 3 is 2.33 bits per heavy atom. The summed E-state index contributed by atoms with van der Waals surface area (Å²) in [6, 6.07) is 8.49. The lowest BCUT2D eigenvalue weighted by Gasteiger charge is -2.20. The summed E-state index contributed by atoms with van der Waals surface area (Å²) in [5.74, 6) is -0.902. The second-order valence-electron chi connectivity index (χ2n) is 4.20. The lowest BCUT2D eigenvalue weighted by atomic mass is 10.2. The number of hydrogen-bond acceptors (Lipinski definition) is 4. The zero-order chi connectivity index (χ0) is 13.5. The second kappa shape index (κ2) is 6.76. The number of benzene rings is 1. The summed E-state index contributed by atoms with van der Waals surface area (Å²) >= 11 is 0. The molecule has 0 radical (unpaired) electrons. The molecule has 0 saturated heterocycles. The Labute approximate surface area is 106 Å². The Hall–Kier alpha value is -1.88. The summed E-state index contributed by atoms with van der Waals surface area (Å²) in [5, 5.41) is 0.637. The topological polar surface area (TPSA) is 55.8 Å². The fourth-order valence-corrected chi connectivity index (χ4v) is 1.15. The first-order chi connectivity index (χ1) is 8.50. The van der Waals surface area contributed by atoms with Gasteiger partial charge in [0.15, 0.2) is 0 Å². The van der Waals surface area contributed by atoms with E-state index in [0.29, 0.717) is 10.8 Å². The van der Waals surface area contributed by atoms with Crippen molar-refractivity contribution in [3.05, 3.63) is 35.9 Å². The summed E-state index contributed by atoms with van der Waals surface area (Å²) < 4.78 is 0. The fraction of sp³-hybridized carbons (Fsp3) is 0.385. The minimum atomic E-state index is -0.608. The van der Waals surface area contributed by atoms with E-state index in [-0.39, 0.29) is 12.5 Å². The van der Waals surface area contributed by atoms with Crippen LogP contribution in [0.1, 0.15) is 31.1 Å². The Kier molecular flexibility index (Phi) is 5.32. The molecule has 18 heavy (non-hydrogen) atoms. The van der Waals surface area contributed by atoms with Crippen molar-refractivity contribution in [1.29, 1.82) is 0 Å². The Bertz CT molecular complexity index is 403. The number of nitrogens with zero attached hydrogens (tertiary/aromatic N) is 1. The van der Waals surface area contributed by atoms with Crippen LogP contribution in [0.15, 0.2) is 30.3 Å². The molecular formula is C13H17NO4. The van der Waals surface area contributed by atoms with Gasteiger partial charge in [0.1, 0.15) is 0 Å². The van der Waals surface area contributed by atoms with Gasteiger partial charge >= 0.3 is 11.9 Å². The monoisotopic (exact) mass is 251 g/mol. The van der Waals surface area contributed by atoms with Gasteiger partial charge in [0, 0.05) is 12.5 Å². The second-order valence-corrected chi connectivity index (χ2v) is 4.20. The summed E-state index contributed by atoms with van der Waals surface area (Å²) in [7, 11) is 0. The van der Waals surface area contributed by atoms with E-state index >= 15 is 0 Å². The summed E-state index contributed by atoms with van der Waals surface area (Å²) in [6.07, 6.45) is 0. The van der Waals surface area contributed by atoms with Crippen LogP contribution in [0.4, 0.5) is 0 Å². The molecule has 0 aliphatic carbocycles. The molecule has 0 spiro atoms. The molecule has 5 nitrogen and oxygen atoms in total. The predicted molar refractivity (Wildman–Crippen MR) is 65.2 cm³/mol. The minimum Gasteiger partial charge on any atom is -0.312 e. The maximum Gasteiger partial charge on any atom is 0.332 e. The molecule has 1 aromatic rings. The maximum absolute atomic E-state index is 12.0. The summed E-state index contributed by atoms with van der Waals surface area (Å²) in [6.45, 7) is 5.35. The molecular weight excluding hydrogens is 234 g/mol. The van der Waals surface area contributed by atoms with Gasteiger partial charge in [-0.05, 0) is 23.3 Å². The van der Waals surface area contributed by atoms with Crippen molar-refractivity contribution in [1.82, 2.24) is 5.23 Å². The van der Waals surface area contributed by atoms with Crippen LogP contribution >= 0.6 is 0 Å². The molecule has 0 aromatic heterocycles. The number of carbonyl (C=O) groups excluding carboxylic acids is 2. The van der Waals surface area contributed by atoms with Gasteiger partial charge < -0.3 is 4.84 Å². The van der Waals surface area contributed by atoms with E-state index in [1.165, 1.54) is 6.92 Å². The van der Waals surface area contributed by atoms with E-state index in [0.717, 1.165) is 0 Å². The van der Waals surface area contributed by atoms with Crippen LogP contribution in [0.2, 0.25) is 0 Å². The zero-order valence-electron chi connectivity index (χ0n) is 10.8. The van der Waals surface area contributed by atoms with Crippen molar-refractivity contribution >= 4 is 11.9 Å². The van der Waals surface area contributed by atoms with Gasteiger partial charge in [-0.1, -0.05) is 32.0 Å². The molecule has 0 N–H and O–H groups in total. The average molecular weight is 251 g/mol. The van der Waals surface area contributed by atoms with Crippen molar-refractivity contribution in [2.24, 2.45) is 5.92 Å². The van der Waals surface area contributed by atoms with Gasteiger partial charge in [-0.15, -0.1) is 0 Å². The minimum absolute atomic E-state index is 0.214. The van der Waals surface area contributed by atoms with Gasteiger partial charge in [-0.2, -0.15) is 0 Å². The average Bonchev–Trinajstić information content (AvgIpc) is 2.34. The lowest BCUT2D eigenvalue weighted by molar-refractivity contribution is -0.310. The molecule has 98 valence electrons. The number of hydrogen-bond donors (Lipinski definition) is 0. The SMILES string of the molecule is CC(=O)ON(OCC(C)C)C(=O)c1ccccc1. The first-order valence-electron chi connectivity index (χ1n) is 5.71. The standard InChI is InChI=1S/C13H17NO4/c1-10(2)9-17-14(18-11(3)15)13(16)12-7-5-4-6-8-12/h4-8,10H,9H2,1-3H3. The van der Waals surface area contributed by atoms with Crippen molar-refractivity contribution in [3.8, 4) is 0 Å². The van der Waals surface area contributed by atoms with Crippen molar-refractivity contribution < 1.29 is 19.3 Å². The number of rotatable bonds is 4. The van der Waals surface area contributed by atoms with Crippen molar-refractivity contribution in [2.75, 3.05) is 6.61 Å². The molecule has 0 bridgehead atoms. The lowest BCUT2D eigenvalue weighted by Crippen LogP contribution is -2.34. The molecule has 0 fully saturated rings. The Balaban J connectivity index is 2.75. The molecule has 0 aliphatic heterocycles. The molecule has 1 aromatic carbocycles. The van der Waals surface area contributed by atoms with Crippen LogP contribution in [0, 0.1) is 5.92 Å². The molecule has 0 heterocycles. The molecule has 0 atom stereocenters. The van der Waals surface area contributed by atoms with Crippen molar-refractivity contribution in [3.63, 3.8) is 0 Å². The van der Waals surface area contributed by atoms with Crippen LogP contribution in [0.25, 0.3) is 0 Å². The first-order valence-corrected chi connectivity index (χ1v) is 5.71. The van der Waals surface area contributed by atoms with E-state index < -0.39 is 11.9 Å². The number of hydroxylamine groups is 2. The van der Waals surface area contributed by atoms with Crippen molar-refractivity contribution in [2.45, 2.75) is 20.8 Å². The molecule has 0 saturated carbocycles. The van der Waals surface area contributed by atoms with Crippen LogP contribution in [-0.2, 0) is 14.5 Å². The maximum atomic E-state index is 12.0. The van der Waals surface area contributed by atoms with Gasteiger partial charge in [0.2, 0.25) is 0 Å². The highest BCUT2D eigenvalue weighted by atomic mass is 17.0. The highest BCUT2D eigenvalue weighted by molar-refractivity contribution is 5.93. The van der Waals surface area contributed by atoms with Crippen LogP contribution in [0.3, 0.4) is 0 Å². The summed E-state index contributed by atoms with van der Waals surface area (Å²) in [4.78, 5) is 32.9. The van der Waals surface area contributed by atoms with E-state index in [2.05, 4.69) is 0 Å². The smallest absolute Gasteiger partial charge is 0.312 e. The highest BCUT2D eigenvalue weighted by Crippen LogP contribution is 2.07. The van der Waals surface area contributed by atoms with Gasteiger partial charge in [-0.3, -0.25) is 4.79 Å². The third-order valence-corrected chi connectivity index (χ3v) is 1.92. The quantitative estimate of drug-likeness (QED) is 0.770. The third kappa shape index (κ3) is 4.55. The number of carbonyl (C=O) groups is 2. The van der Waals surface area contributed by atoms with Gasteiger partial charge in [0.25, 0.3) is 0 Å². The molecule has 1 rings (SSSR count). The van der Waals surface area contributed by atoms with E-state index in [1.54, 1.807) is 30.3 Å². The first kappa shape index (κ1) is 14.2.